The Morgan fingerprint density at radius 2 is 2.00 bits per heavy atom. The molecule has 22 heavy (non-hydrogen) atoms. The summed E-state index contributed by atoms with van der Waals surface area (Å²) in [6.45, 7) is 4.32. The Morgan fingerprint density at radius 1 is 1.23 bits per heavy atom. The number of amides is 1. The van der Waals surface area contributed by atoms with Crippen LogP contribution in [0.4, 0.5) is 5.69 Å². The molecule has 0 aliphatic carbocycles. The number of fused-ring (bicyclic) bond motifs is 1. The van der Waals surface area contributed by atoms with Crippen molar-refractivity contribution in [3.63, 3.8) is 0 Å². The smallest absolute Gasteiger partial charge is 0.255 e. The molecule has 0 atom stereocenters. The molecule has 3 aromatic rings. The maximum atomic E-state index is 12.3. The molecule has 0 saturated carbocycles. The van der Waals surface area contributed by atoms with Crippen LogP contribution in [0.25, 0.3) is 11.1 Å². The Morgan fingerprint density at radius 3 is 2.73 bits per heavy atom. The van der Waals surface area contributed by atoms with Gasteiger partial charge in [0.2, 0.25) is 0 Å². The summed E-state index contributed by atoms with van der Waals surface area (Å²) in [6.07, 6.45) is 0. The van der Waals surface area contributed by atoms with Gasteiger partial charge in [-0.1, -0.05) is 0 Å². The van der Waals surface area contributed by atoms with Crippen LogP contribution in [-0.4, -0.2) is 17.5 Å². The van der Waals surface area contributed by atoms with E-state index in [2.05, 4.69) is 10.3 Å². The predicted molar refractivity (Wildman–Crippen MR) is 84.3 cm³/mol. The second-order valence-corrected chi connectivity index (χ2v) is 4.83. The third kappa shape index (κ3) is 2.93. The summed E-state index contributed by atoms with van der Waals surface area (Å²) in [4.78, 5) is 16.5. The van der Waals surface area contributed by atoms with Gasteiger partial charge in [-0.3, -0.25) is 4.79 Å². The maximum absolute atomic E-state index is 12.3. The molecular formula is C17H16N2O3. The van der Waals surface area contributed by atoms with Gasteiger partial charge in [0, 0.05) is 18.2 Å². The van der Waals surface area contributed by atoms with E-state index in [4.69, 9.17) is 9.15 Å². The van der Waals surface area contributed by atoms with E-state index in [0.717, 1.165) is 11.3 Å². The van der Waals surface area contributed by atoms with Crippen LogP contribution in [0.5, 0.6) is 5.75 Å². The van der Waals surface area contributed by atoms with E-state index in [1.165, 1.54) is 0 Å². The Balaban J connectivity index is 1.77. The van der Waals surface area contributed by atoms with Gasteiger partial charge in [0.15, 0.2) is 11.5 Å². The number of anilines is 1. The van der Waals surface area contributed by atoms with Gasteiger partial charge in [0.25, 0.3) is 5.91 Å². The number of hydrogen-bond donors (Lipinski definition) is 1. The molecule has 0 aliphatic heterocycles. The van der Waals surface area contributed by atoms with Crippen LogP contribution in [-0.2, 0) is 0 Å². The summed E-state index contributed by atoms with van der Waals surface area (Å²) >= 11 is 0. The van der Waals surface area contributed by atoms with Gasteiger partial charge in [0.1, 0.15) is 11.3 Å². The van der Waals surface area contributed by atoms with Crippen molar-refractivity contribution >= 4 is 22.7 Å². The molecule has 5 heteroatoms. The van der Waals surface area contributed by atoms with Gasteiger partial charge in [-0.25, -0.2) is 4.98 Å². The van der Waals surface area contributed by atoms with Gasteiger partial charge in [-0.05, 0) is 49.4 Å². The van der Waals surface area contributed by atoms with Crippen molar-refractivity contribution in [2.45, 2.75) is 13.8 Å². The largest absolute Gasteiger partial charge is 0.494 e. The standard InChI is InChI=1S/C17H16N2O3/c1-3-21-14-7-5-13(6-8-14)19-17(20)12-4-9-15-16(10-12)22-11(2)18-15/h4-10H,3H2,1-2H3,(H,19,20). The zero-order chi connectivity index (χ0) is 15.5. The number of carbonyl (C=O) groups is 1. The van der Waals surface area contributed by atoms with Crippen molar-refractivity contribution in [3.05, 3.63) is 53.9 Å². The van der Waals surface area contributed by atoms with E-state index in [1.54, 1.807) is 37.3 Å². The molecule has 112 valence electrons. The molecule has 1 heterocycles. The highest BCUT2D eigenvalue weighted by atomic mass is 16.5. The number of aryl methyl sites for hydroxylation is 1. The Kier molecular flexibility index (Phi) is 3.78. The molecule has 5 nitrogen and oxygen atoms in total. The molecule has 3 rings (SSSR count). The van der Waals surface area contributed by atoms with E-state index >= 15 is 0 Å². The molecule has 0 aliphatic rings. The summed E-state index contributed by atoms with van der Waals surface area (Å²) in [7, 11) is 0. The number of nitrogens with one attached hydrogen (secondary N) is 1. The minimum atomic E-state index is -0.194. The maximum Gasteiger partial charge on any atom is 0.255 e. The third-order valence-corrected chi connectivity index (χ3v) is 3.18. The molecule has 0 saturated heterocycles. The normalized spacial score (nSPS) is 10.6. The monoisotopic (exact) mass is 296 g/mol. The number of oxazole rings is 1. The number of benzene rings is 2. The van der Waals surface area contributed by atoms with Gasteiger partial charge in [-0.2, -0.15) is 0 Å². The molecule has 2 aromatic carbocycles. The van der Waals surface area contributed by atoms with Crippen LogP contribution >= 0.6 is 0 Å². The fraction of sp³-hybridized carbons (Fsp3) is 0.176. The zero-order valence-electron chi connectivity index (χ0n) is 12.4. The van der Waals surface area contributed by atoms with E-state index < -0.39 is 0 Å². The van der Waals surface area contributed by atoms with Crippen molar-refractivity contribution in [1.82, 2.24) is 4.98 Å². The first-order chi connectivity index (χ1) is 10.7. The Hall–Kier alpha value is -2.82. The minimum absolute atomic E-state index is 0.194. The lowest BCUT2D eigenvalue weighted by molar-refractivity contribution is 0.102. The predicted octanol–water partition coefficient (Wildman–Crippen LogP) is 3.79. The van der Waals surface area contributed by atoms with Crippen molar-refractivity contribution in [2.75, 3.05) is 11.9 Å². The third-order valence-electron chi connectivity index (χ3n) is 3.18. The molecule has 0 unspecified atom stereocenters. The van der Waals surface area contributed by atoms with Crippen molar-refractivity contribution in [3.8, 4) is 5.75 Å². The average molecular weight is 296 g/mol. The van der Waals surface area contributed by atoms with Crippen LogP contribution in [0.15, 0.2) is 46.9 Å². The van der Waals surface area contributed by atoms with Gasteiger partial charge >= 0.3 is 0 Å². The molecule has 0 fully saturated rings. The Bertz CT molecular complexity index is 806. The SMILES string of the molecule is CCOc1ccc(NC(=O)c2ccc3nc(C)oc3c2)cc1. The van der Waals surface area contributed by atoms with E-state index in [9.17, 15) is 4.79 Å². The van der Waals surface area contributed by atoms with Crippen LogP contribution in [0.1, 0.15) is 23.2 Å². The second kappa shape index (κ2) is 5.89. The average Bonchev–Trinajstić information content (AvgIpc) is 2.88. The number of rotatable bonds is 4. The zero-order valence-corrected chi connectivity index (χ0v) is 12.4. The highest BCUT2D eigenvalue weighted by Crippen LogP contribution is 2.19. The first kappa shape index (κ1) is 14.1. The second-order valence-electron chi connectivity index (χ2n) is 4.83. The highest BCUT2D eigenvalue weighted by molar-refractivity contribution is 6.05. The van der Waals surface area contributed by atoms with Gasteiger partial charge < -0.3 is 14.5 Å². The molecule has 0 bridgehead atoms. The lowest BCUT2D eigenvalue weighted by Gasteiger charge is -2.07. The fourth-order valence-corrected chi connectivity index (χ4v) is 2.19. The van der Waals surface area contributed by atoms with Crippen molar-refractivity contribution < 1.29 is 13.9 Å². The molecule has 1 amide bonds. The summed E-state index contributed by atoms with van der Waals surface area (Å²) in [6, 6.07) is 12.5. The molecule has 1 aromatic heterocycles. The Labute approximate surface area is 127 Å². The number of carbonyl (C=O) groups excluding carboxylic acids is 1. The molecule has 0 spiro atoms. The number of hydrogen-bond acceptors (Lipinski definition) is 4. The lowest BCUT2D eigenvalue weighted by atomic mass is 10.2. The topological polar surface area (TPSA) is 64.4 Å². The highest BCUT2D eigenvalue weighted by Gasteiger charge is 2.10. The quantitative estimate of drug-likeness (QED) is 0.795. The minimum Gasteiger partial charge on any atom is -0.494 e. The van der Waals surface area contributed by atoms with Crippen molar-refractivity contribution in [1.29, 1.82) is 0 Å². The first-order valence-corrected chi connectivity index (χ1v) is 7.07. The van der Waals surface area contributed by atoms with E-state index in [1.807, 2.05) is 19.1 Å². The van der Waals surface area contributed by atoms with Gasteiger partial charge in [-0.15, -0.1) is 0 Å². The van der Waals surface area contributed by atoms with Gasteiger partial charge in [0.05, 0.1) is 6.61 Å². The summed E-state index contributed by atoms with van der Waals surface area (Å²) < 4.78 is 10.8. The summed E-state index contributed by atoms with van der Waals surface area (Å²) in [5.41, 5.74) is 2.59. The van der Waals surface area contributed by atoms with Crippen LogP contribution in [0, 0.1) is 6.92 Å². The number of ether oxygens (including phenoxy) is 1. The summed E-state index contributed by atoms with van der Waals surface area (Å²) in [5.74, 6) is 1.17. The number of aromatic nitrogens is 1. The fourth-order valence-electron chi connectivity index (χ4n) is 2.19. The lowest BCUT2D eigenvalue weighted by Crippen LogP contribution is -2.11. The van der Waals surface area contributed by atoms with Crippen LogP contribution in [0.3, 0.4) is 0 Å². The van der Waals surface area contributed by atoms with E-state index in [0.29, 0.717) is 29.3 Å². The van der Waals surface area contributed by atoms with Crippen molar-refractivity contribution in [2.24, 2.45) is 0 Å². The first-order valence-electron chi connectivity index (χ1n) is 7.07. The molecular weight excluding hydrogens is 280 g/mol. The van der Waals surface area contributed by atoms with Crippen LogP contribution in [0.2, 0.25) is 0 Å². The van der Waals surface area contributed by atoms with E-state index in [-0.39, 0.29) is 5.91 Å². The van der Waals surface area contributed by atoms with Crippen LogP contribution < -0.4 is 10.1 Å². The number of nitrogens with zero attached hydrogens (tertiary/aromatic N) is 1. The summed E-state index contributed by atoms with van der Waals surface area (Å²) in [5, 5.41) is 2.84. The molecule has 0 radical (unpaired) electrons. The molecule has 1 N–H and O–H groups in total.